The average Bonchev–Trinajstić information content (AvgIpc) is 2.32. The molecule has 0 aromatic heterocycles. The average molecular weight is 285 g/mol. The van der Waals surface area contributed by atoms with Gasteiger partial charge in [0.05, 0.1) is 12.7 Å². The summed E-state index contributed by atoms with van der Waals surface area (Å²) in [6.07, 6.45) is 0.266. The van der Waals surface area contributed by atoms with Crippen molar-refractivity contribution in [2.75, 3.05) is 26.7 Å². The number of likely N-dealkylation sites (N-methyl/N-ethyl adjacent to an activating group) is 1. The molecule has 0 radical (unpaired) electrons. The second kappa shape index (κ2) is 7.85. The van der Waals surface area contributed by atoms with Gasteiger partial charge in [-0.25, -0.2) is 0 Å². The highest BCUT2D eigenvalue weighted by molar-refractivity contribution is 6.30. The van der Waals surface area contributed by atoms with Gasteiger partial charge in [0.25, 0.3) is 0 Å². The van der Waals surface area contributed by atoms with Gasteiger partial charge in [-0.2, -0.15) is 0 Å². The van der Waals surface area contributed by atoms with Crippen LogP contribution < -0.4 is 5.73 Å². The molecule has 0 bridgehead atoms. The number of aryl methyl sites for hydroxylation is 1. The molecule has 108 valence electrons. The second-order valence-electron chi connectivity index (χ2n) is 5.15. The van der Waals surface area contributed by atoms with Gasteiger partial charge in [-0.15, -0.1) is 0 Å². The first-order valence-electron chi connectivity index (χ1n) is 6.73. The summed E-state index contributed by atoms with van der Waals surface area (Å²) in [5.74, 6) is 0. The Hall–Kier alpha value is -0.610. The molecule has 19 heavy (non-hydrogen) atoms. The van der Waals surface area contributed by atoms with Gasteiger partial charge in [-0.1, -0.05) is 17.7 Å². The first-order valence-corrected chi connectivity index (χ1v) is 7.11. The molecule has 0 saturated heterocycles. The third kappa shape index (κ3) is 5.11. The monoisotopic (exact) mass is 284 g/mol. The van der Waals surface area contributed by atoms with E-state index in [2.05, 4.69) is 24.9 Å². The fourth-order valence-electron chi connectivity index (χ4n) is 2.15. The second-order valence-corrected chi connectivity index (χ2v) is 5.59. The van der Waals surface area contributed by atoms with Crippen molar-refractivity contribution in [1.82, 2.24) is 4.90 Å². The van der Waals surface area contributed by atoms with Crippen molar-refractivity contribution in [3.05, 3.63) is 34.3 Å². The zero-order valence-electron chi connectivity index (χ0n) is 12.3. The van der Waals surface area contributed by atoms with E-state index in [1.807, 2.05) is 26.0 Å². The van der Waals surface area contributed by atoms with E-state index in [4.69, 9.17) is 22.1 Å². The van der Waals surface area contributed by atoms with Gasteiger partial charge in [0, 0.05) is 24.2 Å². The van der Waals surface area contributed by atoms with Crippen LogP contribution in [-0.2, 0) is 4.74 Å². The largest absolute Gasteiger partial charge is 0.377 e. The first-order chi connectivity index (χ1) is 8.95. The van der Waals surface area contributed by atoms with Gasteiger partial charge in [-0.05, 0) is 51.1 Å². The highest BCUT2D eigenvalue weighted by atomic mass is 35.5. The van der Waals surface area contributed by atoms with Crippen LogP contribution in [0.3, 0.4) is 0 Å². The van der Waals surface area contributed by atoms with E-state index < -0.39 is 0 Å². The fraction of sp³-hybridized carbons (Fsp3) is 0.600. The van der Waals surface area contributed by atoms with E-state index in [-0.39, 0.29) is 12.1 Å². The normalized spacial score (nSPS) is 13.3. The van der Waals surface area contributed by atoms with Gasteiger partial charge in [-0.3, -0.25) is 4.90 Å². The first kappa shape index (κ1) is 16.4. The van der Waals surface area contributed by atoms with E-state index in [0.29, 0.717) is 6.54 Å². The summed E-state index contributed by atoms with van der Waals surface area (Å²) in [6, 6.07) is 6.17. The maximum absolute atomic E-state index is 6.00. The van der Waals surface area contributed by atoms with Crippen LogP contribution >= 0.6 is 11.6 Å². The minimum Gasteiger partial charge on any atom is -0.377 e. The lowest BCUT2D eigenvalue weighted by molar-refractivity contribution is 0.0564. The molecule has 0 aliphatic rings. The van der Waals surface area contributed by atoms with Crippen LogP contribution in [0, 0.1) is 6.92 Å². The molecule has 0 saturated carbocycles. The van der Waals surface area contributed by atoms with Gasteiger partial charge in [0.2, 0.25) is 0 Å². The number of rotatable bonds is 7. The van der Waals surface area contributed by atoms with E-state index >= 15 is 0 Å². The third-order valence-corrected chi connectivity index (χ3v) is 3.48. The lowest BCUT2D eigenvalue weighted by Crippen LogP contribution is -2.33. The third-order valence-electron chi connectivity index (χ3n) is 3.24. The summed E-state index contributed by atoms with van der Waals surface area (Å²) >= 11 is 6.00. The van der Waals surface area contributed by atoms with Crippen molar-refractivity contribution in [3.8, 4) is 0 Å². The van der Waals surface area contributed by atoms with Crippen LogP contribution in [0.25, 0.3) is 0 Å². The minimum atomic E-state index is 0.202. The molecule has 0 amide bonds. The Morgan fingerprint density at radius 3 is 2.58 bits per heavy atom. The highest BCUT2D eigenvalue weighted by Crippen LogP contribution is 2.24. The summed E-state index contributed by atoms with van der Waals surface area (Å²) in [5, 5.41) is 0.766. The molecule has 1 unspecified atom stereocenters. The number of benzene rings is 1. The molecule has 1 atom stereocenters. The van der Waals surface area contributed by atoms with Crippen molar-refractivity contribution in [2.24, 2.45) is 5.73 Å². The molecule has 0 spiro atoms. The molecule has 2 N–H and O–H groups in total. The number of nitrogens with two attached hydrogens (primary N) is 1. The Labute approximate surface area is 121 Å². The molecule has 1 aromatic rings. The summed E-state index contributed by atoms with van der Waals surface area (Å²) < 4.78 is 5.59. The molecule has 0 heterocycles. The quantitative estimate of drug-likeness (QED) is 0.836. The van der Waals surface area contributed by atoms with E-state index in [9.17, 15) is 0 Å². The Kier molecular flexibility index (Phi) is 6.80. The van der Waals surface area contributed by atoms with E-state index in [1.54, 1.807) is 0 Å². The van der Waals surface area contributed by atoms with Crippen LogP contribution in [0.5, 0.6) is 0 Å². The van der Waals surface area contributed by atoms with Gasteiger partial charge in [0.1, 0.15) is 0 Å². The topological polar surface area (TPSA) is 38.5 Å². The van der Waals surface area contributed by atoms with Crippen molar-refractivity contribution in [3.63, 3.8) is 0 Å². The summed E-state index contributed by atoms with van der Waals surface area (Å²) in [4.78, 5) is 2.23. The van der Waals surface area contributed by atoms with Gasteiger partial charge in [0.15, 0.2) is 0 Å². The minimum absolute atomic E-state index is 0.202. The Morgan fingerprint density at radius 1 is 1.37 bits per heavy atom. The fourth-order valence-corrected chi connectivity index (χ4v) is 2.37. The van der Waals surface area contributed by atoms with Crippen LogP contribution in [0.2, 0.25) is 5.02 Å². The standard InChI is InChI=1S/C15H25ClN2O/c1-11(2)19-8-7-18(4)15(10-17)14-6-5-13(16)9-12(14)3/h5-6,9,11,15H,7-8,10,17H2,1-4H3. The van der Waals surface area contributed by atoms with Crippen molar-refractivity contribution >= 4 is 11.6 Å². The lowest BCUT2D eigenvalue weighted by atomic mass is 10.0. The van der Waals surface area contributed by atoms with Crippen LogP contribution in [-0.4, -0.2) is 37.7 Å². The zero-order chi connectivity index (χ0) is 14.4. The van der Waals surface area contributed by atoms with Crippen LogP contribution in [0.1, 0.15) is 31.0 Å². The van der Waals surface area contributed by atoms with Crippen molar-refractivity contribution in [1.29, 1.82) is 0 Å². The van der Waals surface area contributed by atoms with Gasteiger partial charge >= 0.3 is 0 Å². The van der Waals surface area contributed by atoms with E-state index in [0.717, 1.165) is 18.2 Å². The number of halogens is 1. The van der Waals surface area contributed by atoms with Crippen LogP contribution in [0.4, 0.5) is 0 Å². The van der Waals surface area contributed by atoms with Crippen molar-refractivity contribution in [2.45, 2.75) is 32.9 Å². The lowest BCUT2D eigenvalue weighted by Gasteiger charge is -2.28. The van der Waals surface area contributed by atoms with Gasteiger partial charge < -0.3 is 10.5 Å². The Bertz CT molecular complexity index is 396. The molecular formula is C15H25ClN2O. The SMILES string of the molecule is Cc1cc(Cl)ccc1C(CN)N(C)CCOC(C)C. The molecule has 4 heteroatoms. The number of hydrogen-bond donors (Lipinski definition) is 1. The summed E-state index contributed by atoms with van der Waals surface area (Å²) in [6.45, 7) is 8.33. The number of hydrogen-bond acceptors (Lipinski definition) is 3. The predicted molar refractivity (Wildman–Crippen MR) is 81.7 cm³/mol. The number of ether oxygens (including phenoxy) is 1. The zero-order valence-corrected chi connectivity index (χ0v) is 13.1. The Morgan fingerprint density at radius 2 is 2.05 bits per heavy atom. The smallest absolute Gasteiger partial charge is 0.0597 e. The maximum atomic E-state index is 6.00. The van der Waals surface area contributed by atoms with Crippen molar-refractivity contribution < 1.29 is 4.74 Å². The van der Waals surface area contributed by atoms with Crippen LogP contribution in [0.15, 0.2) is 18.2 Å². The molecule has 1 rings (SSSR count). The summed E-state index contributed by atoms with van der Waals surface area (Å²) in [7, 11) is 2.08. The van der Waals surface area contributed by atoms with E-state index in [1.165, 1.54) is 11.1 Å². The number of nitrogens with zero attached hydrogens (tertiary/aromatic N) is 1. The molecule has 0 aliphatic carbocycles. The Balaban J connectivity index is 2.70. The molecule has 0 aliphatic heterocycles. The highest BCUT2D eigenvalue weighted by Gasteiger charge is 2.17. The summed E-state index contributed by atoms with van der Waals surface area (Å²) in [5.41, 5.74) is 8.34. The molecule has 0 fully saturated rings. The molecule has 1 aromatic carbocycles. The maximum Gasteiger partial charge on any atom is 0.0597 e. The molecular weight excluding hydrogens is 260 g/mol. The molecule has 3 nitrogen and oxygen atoms in total. The predicted octanol–water partition coefficient (Wildman–Crippen LogP) is 3.01.